The fourth-order valence-corrected chi connectivity index (χ4v) is 9.61. The molecular formula is C43H50N12O16S4. The molecule has 0 fully saturated rings. The van der Waals surface area contributed by atoms with Crippen LogP contribution in [0.3, 0.4) is 0 Å². The molecule has 11 N–H and O–H groups in total. The second-order valence-corrected chi connectivity index (χ2v) is 21.6. The van der Waals surface area contributed by atoms with E-state index in [1.807, 2.05) is 0 Å². The van der Waals surface area contributed by atoms with Crippen LogP contribution in [0.25, 0.3) is 12.2 Å². The van der Waals surface area contributed by atoms with Gasteiger partial charge < -0.3 is 51.5 Å². The average molecular weight is 1120 g/mol. The first-order valence-electron chi connectivity index (χ1n) is 21.8. The summed E-state index contributed by atoms with van der Waals surface area (Å²) < 4.78 is 134. The van der Waals surface area contributed by atoms with Crippen molar-refractivity contribution in [1.82, 2.24) is 29.9 Å². The zero-order valence-electron chi connectivity index (χ0n) is 39.5. The van der Waals surface area contributed by atoms with E-state index in [2.05, 4.69) is 51.2 Å². The number of anilines is 10. The summed E-state index contributed by atoms with van der Waals surface area (Å²) >= 11 is 0. The number of hydrogen-bond donors (Lipinski definition) is 11. The van der Waals surface area contributed by atoms with E-state index >= 15 is 0 Å². The van der Waals surface area contributed by atoms with Crippen molar-refractivity contribution in [1.29, 1.82) is 0 Å². The van der Waals surface area contributed by atoms with Gasteiger partial charge in [-0.25, -0.2) is 0 Å². The quantitative estimate of drug-likeness (QED) is 0.0211. The van der Waals surface area contributed by atoms with Crippen LogP contribution < -0.4 is 31.1 Å². The topological polar surface area (TPSA) is 419 Å². The summed E-state index contributed by atoms with van der Waals surface area (Å²) in [5.74, 6) is -1.98. The summed E-state index contributed by atoms with van der Waals surface area (Å²) in [7, 11) is -17.7. The van der Waals surface area contributed by atoms with Gasteiger partial charge in [0.25, 0.3) is 40.5 Å². The first kappa shape index (κ1) is 57.2. The van der Waals surface area contributed by atoms with Gasteiger partial charge in [-0.2, -0.15) is 63.6 Å². The van der Waals surface area contributed by atoms with Gasteiger partial charge in [-0.1, -0.05) is 42.5 Å². The van der Waals surface area contributed by atoms with E-state index in [-0.39, 0.29) is 115 Å². The van der Waals surface area contributed by atoms with Gasteiger partial charge in [0.15, 0.2) is 0 Å². The maximum absolute atomic E-state index is 13.5. The van der Waals surface area contributed by atoms with Crippen molar-refractivity contribution < 1.29 is 71.9 Å². The fourth-order valence-electron chi connectivity index (χ4n) is 6.94. The number of aliphatic hydroxyl groups is 4. The lowest BCUT2D eigenvalue weighted by Gasteiger charge is -2.22. The number of aromatic nitrogens is 6. The smallest absolute Gasteiger partial charge is 0.297 e. The minimum absolute atomic E-state index is 0.0171. The zero-order valence-corrected chi connectivity index (χ0v) is 42.8. The van der Waals surface area contributed by atoms with Crippen LogP contribution in [-0.4, -0.2) is 157 Å². The SMILES string of the molecule is COS(=O)(=O)c1cc(Nc2nc(Nc3cc(S(=O)(=O)O)ccc3C)nc(N(CCO)CCO)n2)ccc1/C=C/c1ccc(Nc2nc(Nc3ccccc3S(=O)(=O)O)nc(N(CCO)CCO)n2)cc1CS(=O)(=O)O. The van der Waals surface area contributed by atoms with Gasteiger partial charge in [-0.05, 0) is 77.7 Å². The van der Waals surface area contributed by atoms with Crippen LogP contribution in [0.4, 0.5) is 58.4 Å². The molecule has 6 aromatic rings. The Morgan fingerprint density at radius 1 is 0.533 bits per heavy atom. The van der Waals surface area contributed by atoms with E-state index in [4.69, 9.17) is 4.18 Å². The van der Waals surface area contributed by atoms with Crippen molar-refractivity contribution in [3.63, 3.8) is 0 Å². The van der Waals surface area contributed by atoms with E-state index < -0.39 is 74.1 Å². The van der Waals surface area contributed by atoms with Crippen LogP contribution in [0, 0.1) is 6.92 Å². The molecule has 32 heteroatoms. The summed E-state index contributed by atoms with van der Waals surface area (Å²) in [5, 5.41) is 50.3. The Kier molecular flexibility index (Phi) is 18.7. The minimum Gasteiger partial charge on any atom is -0.395 e. The summed E-state index contributed by atoms with van der Waals surface area (Å²) in [5.41, 5.74) is 0.952. The van der Waals surface area contributed by atoms with Gasteiger partial charge in [0.2, 0.25) is 35.7 Å². The Balaban J connectivity index is 1.36. The van der Waals surface area contributed by atoms with E-state index in [0.717, 1.165) is 19.2 Å². The molecule has 0 aliphatic heterocycles. The first-order valence-corrected chi connectivity index (χ1v) is 27.7. The van der Waals surface area contributed by atoms with E-state index in [1.165, 1.54) is 88.7 Å². The molecule has 402 valence electrons. The highest BCUT2D eigenvalue weighted by molar-refractivity contribution is 7.87. The third-order valence-electron chi connectivity index (χ3n) is 10.4. The number of nitrogens with zero attached hydrogens (tertiary/aromatic N) is 8. The Hall–Kier alpha value is -7.08. The summed E-state index contributed by atoms with van der Waals surface area (Å²) in [6.45, 7) is -0.104. The maximum atomic E-state index is 13.5. The predicted octanol–water partition coefficient (Wildman–Crippen LogP) is 2.31. The number of aryl methyl sites for hydroxylation is 1. The molecule has 2 heterocycles. The molecule has 0 unspecified atom stereocenters. The highest BCUT2D eigenvalue weighted by Crippen LogP contribution is 2.31. The number of nitrogens with one attached hydrogen (secondary N) is 4. The van der Waals surface area contributed by atoms with Gasteiger partial charge in [0.1, 0.15) is 15.5 Å². The van der Waals surface area contributed by atoms with Crippen LogP contribution in [-0.2, 0) is 50.4 Å². The molecule has 75 heavy (non-hydrogen) atoms. The molecule has 0 radical (unpaired) electrons. The molecule has 4 aromatic carbocycles. The molecule has 0 bridgehead atoms. The number of para-hydroxylation sites is 1. The standard InChI is InChI=1S/C43H50N12O16S4/c1-27-7-14-33(73(63,64)65)25-35(27)47-41-49-39(51-43(53-41)55(17-21-58)18-22-59)45-32-13-11-29(37(24-32)75(69,70)71-2)9-8-28-10-12-31(23-30(28)26-72(60,61)62)44-38-48-40(52-42(50-38)54(15-19-56)16-20-57)46-34-5-3-4-6-36(34)74(66,67)68/h3-14,23-25,56-59H,15-22,26H2,1-2H3,(H,60,61,62)(H,63,64,65)(H,66,67,68)(H2,44,46,48,50,52)(H2,45,47,49,51,53)/b9-8+. The normalized spacial score (nSPS) is 12.2. The molecular weight excluding hydrogens is 1070 g/mol. The highest BCUT2D eigenvalue weighted by atomic mass is 32.2. The van der Waals surface area contributed by atoms with Crippen LogP contribution in [0.5, 0.6) is 0 Å². The second-order valence-electron chi connectivity index (χ2n) is 15.7. The number of hydrogen-bond acceptors (Lipinski definition) is 25. The maximum Gasteiger partial charge on any atom is 0.297 e. The van der Waals surface area contributed by atoms with Crippen LogP contribution in [0.2, 0.25) is 0 Å². The molecule has 0 saturated heterocycles. The molecule has 0 saturated carbocycles. The number of aliphatic hydroxyl groups excluding tert-OH is 4. The van der Waals surface area contributed by atoms with E-state index in [9.17, 15) is 67.8 Å². The lowest BCUT2D eigenvalue weighted by Crippen LogP contribution is -2.31. The van der Waals surface area contributed by atoms with Crippen LogP contribution in [0.1, 0.15) is 22.3 Å². The van der Waals surface area contributed by atoms with Crippen LogP contribution >= 0.6 is 0 Å². The molecule has 0 spiro atoms. The van der Waals surface area contributed by atoms with E-state index in [1.54, 1.807) is 6.92 Å². The zero-order chi connectivity index (χ0) is 54.7. The Morgan fingerprint density at radius 2 is 1.01 bits per heavy atom. The van der Waals surface area contributed by atoms with Gasteiger partial charge in [0, 0.05) is 43.2 Å². The Morgan fingerprint density at radius 3 is 1.51 bits per heavy atom. The van der Waals surface area contributed by atoms with Gasteiger partial charge in [-0.3, -0.25) is 17.8 Å². The van der Waals surface area contributed by atoms with Gasteiger partial charge in [0.05, 0.1) is 44.1 Å². The third-order valence-corrected chi connectivity index (χ3v) is 14.2. The molecule has 28 nitrogen and oxygen atoms in total. The van der Waals surface area contributed by atoms with Crippen molar-refractivity contribution in [2.45, 2.75) is 27.4 Å². The Bertz CT molecular complexity index is 3510. The molecule has 2 aromatic heterocycles. The first-order chi connectivity index (χ1) is 35.4. The molecule has 6 rings (SSSR count). The van der Waals surface area contributed by atoms with Crippen molar-refractivity contribution in [2.75, 3.05) is 90.8 Å². The highest BCUT2D eigenvalue weighted by Gasteiger charge is 2.23. The predicted molar refractivity (Wildman–Crippen MR) is 274 cm³/mol. The average Bonchev–Trinajstić information content (AvgIpc) is 3.33. The van der Waals surface area contributed by atoms with Crippen molar-refractivity contribution in [3.8, 4) is 0 Å². The molecule has 0 amide bonds. The molecule has 0 aliphatic rings. The largest absolute Gasteiger partial charge is 0.395 e. The summed E-state index contributed by atoms with van der Waals surface area (Å²) in [6.07, 6.45) is 2.70. The lowest BCUT2D eigenvalue weighted by atomic mass is 10.1. The van der Waals surface area contributed by atoms with Crippen molar-refractivity contribution in [2.24, 2.45) is 0 Å². The van der Waals surface area contributed by atoms with Gasteiger partial charge >= 0.3 is 0 Å². The monoisotopic (exact) mass is 1120 g/mol. The number of rotatable bonds is 26. The summed E-state index contributed by atoms with van der Waals surface area (Å²) in [4.78, 5) is 27.5. The molecule has 0 atom stereocenters. The fraction of sp³-hybridized carbons (Fsp3) is 0.256. The van der Waals surface area contributed by atoms with Crippen molar-refractivity contribution in [3.05, 3.63) is 101 Å². The number of benzene rings is 4. The van der Waals surface area contributed by atoms with Crippen molar-refractivity contribution >= 4 is 111 Å². The minimum atomic E-state index is -4.73. The Labute approximate surface area is 430 Å². The lowest BCUT2D eigenvalue weighted by molar-refractivity contribution is 0.279. The second kappa shape index (κ2) is 24.5. The third kappa shape index (κ3) is 15.7. The van der Waals surface area contributed by atoms with Gasteiger partial charge in [-0.15, -0.1) is 0 Å². The molecule has 0 aliphatic carbocycles. The van der Waals surface area contributed by atoms with E-state index in [0.29, 0.717) is 5.56 Å². The summed E-state index contributed by atoms with van der Waals surface area (Å²) in [6, 6.07) is 17.2. The van der Waals surface area contributed by atoms with Crippen LogP contribution in [0.15, 0.2) is 93.5 Å².